The molecule has 0 heterocycles. The maximum atomic E-state index is 11.5. The van der Waals surface area contributed by atoms with Gasteiger partial charge < -0.3 is 10.1 Å². The first-order chi connectivity index (χ1) is 7.44. The van der Waals surface area contributed by atoms with Gasteiger partial charge in [0, 0.05) is 6.54 Å². The standard InChI is InChI=1S/C13H23NO2/c1-13(2,3)16-12(15)14-8-11-7-9-4-5-10(11)6-9/h9-11H,4-8H2,1-3H3,(H,14,15)/t9-,10+,11?/m0/s1. The zero-order chi connectivity index (χ0) is 11.8. The van der Waals surface area contributed by atoms with E-state index in [2.05, 4.69) is 5.32 Å². The normalized spacial score (nSPS) is 32.8. The topological polar surface area (TPSA) is 38.3 Å². The molecule has 0 aromatic heterocycles. The van der Waals surface area contributed by atoms with Crippen LogP contribution in [0.25, 0.3) is 0 Å². The van der Waals surface area contributed by atoms with Crippen molar-refractivity contribution in [3.8, 4) is 0 Å². The van der Waals surface area contributed by atoms with E-state index in [1.165, 1.54) is 25.7 Å². The van der Waals surface area contributed by atoms with E-state index >= 15 is 0 Å². The van der Waals surface area contributed by atoms with Crippen LogP contribution in [-0.4, -0.2) is 18.2 Å². The Kier molecular flexibility index (Phi) is 3.13. The molecule has 0 saturated heterocycles. The van der Waals surface area contributed by atoms with Crippen molar-refractivity contribution in [1.29, 1.82) is 0 Å². The van der Waals surface area contributed by atoms with Crippen molar-refractivity contribution in [3.63, 3.8) is 0 Å². The molecule has 2 saturated carbocycles. The molecule has 0 radical (unpaired) electrons. The van der Waals surface area contributed by atoms with Gasteiger partial charge in [-0.25, -0.2) is 4.79 Å². The van der Waals surface area contributed by atoms with Crippen molar-refractivity contribution in [3.05, 3.63) is 0 Å². The second-order valence-corrected chi connectivity index (χ2v) is 6.32. The average molecular weight is 225 g/mol. The Morgan fingerprint density at radius 2 is 2.06 bits per heavy atom. The predicted octanol–water partition coefficient (Wildman–Crippen LogP) is 2.95. The Hall–Kier alpha value is -0.730. The molecule has 3 atom stereocenters. The molecule has 0 spiro atoms. The SMILES string of the molecule is CC(C)(C)OC(=O)NCC1C[C@H]2CC[C@@H]1C2. The summed E-state index contributed by atoms with van der Waals surface area (Å²) in [5.74, 6) is 2.50. The second-order valence-electron chi connectivity index (χ2n) is 6.32. The number of hydrogen-bond donors (Lipinski definition) is 1. The molecule has 1 N–H and O–H groups in total. The Morgan fingerprint density at radius 3 is 2.56 bits per heavy atom. The molecule has 1 amide bonds. The molecule has 1 unspecified atom stereocenters. The first-order valence-corrected chi connectivity index (χ1v) is 6.41. The fourth-order valence-electron chi connectivity index (χ4n) is 3.16. The van der Waals surface area contributed by atoms with Crippen molar-refractivity contribution < 1.29 is 9.53 Å². The van der Waals surface area contributed by atoms with Crippen LogP contribution < -0.4 is 5.32 Å². The zero-order valence-corrected chi connectivity index (χ0v) is 10.6. The minimum atomic E-state index is -0.390. The number of alkyl carbamates (subject to hydrolysis) is 1. The van der Waals surface area contributed by atoms with Crippen molar-refractivity contribution in [2.24, 2.45) is 17.8 Å². The highest BCUT2D eigenvalue weighted by Gasteiger charge is 2.39. The van der Waals surface area contributed by atoms with Crippen LogP contribution in [-0.2, 0) is 4.74 Å². The summed E-state index contributed by atoms with van der Waals surface area (Å²) in [7, 11) is 0. The minimum absolute atomic E-state index is 0.268. The van der Waals surface area contributed by atoms with E-state index in [1.807, 2.05) is 20.8 Å². The predicted molar refractivity (Wildman–Crippen MR) is 63.2 cm³/mol. The Balaban J connectivity index is 1.70. The smallest absolute Gasteiger partial charge is 0.407 e. The van der Waals surface area contributed by atoms with E-state index in [0.717, 1.165) is 18.4 Å². The third-order valence-electron chi connectivity index (χ3n) is 3.79. The number of nitrogens with one attached hydrogen (secondary N) is 1. The van der Waals surface area contributed by atoms with Gasteiger partial charge in [0.05, 0.1) is 0 Å². The van der Waals surface area contributed by atoms with Crippen LogP contribution in [0.15, 0.2) is 0 Å². The fourth-order valence-corrected chi connectivity index (χ4v) is 3.16. The molecule has 2 aliphatic rings. The van der Waals surface area contributed by atoms with Crippen LogP contribution in [0.2, 0.25) is 0 Å². The molecule has 16 heavy (non-hydrogen) atoms. The summed E-state index contributed by atoms with van der Waals surface area (Å²) < 4.78 is 5.23. The highest BCUT2D eigenvalue weighted by Crippen LogP contribution is 2.47. The molecule has 2 fully saturated rings. The Morgan fingerprint density at radius 1 is 1.31 bits per heavy atom. The van der Waals surface area contributed by atoms with Crippen LogP contribution in [0, 0.1) is 17.8 Å². The zero-order valence-electron chi connectivity index (χ0n) is 10.6. The lowest BCUT2D eigenvalue weighted by Gasteiger charge is -2.24. The van der Waals surface area contributed by atoms with Gasteiger partial charge in [-0.1, -0.05) is 6.42 Å². The molecule has 3 heteroatoms. The number of rotatable bonds is 2. The number of hydrogen-bond acceptors (Lipinski definition) is 2. The third kappa shape index (κ3) is 2.89. The van der Waals surface area contributed by atoms with Crippen molar-refractivity contribution in [2.45, 2.75) is 52.1 Å². The second kappa shape index (κ2) is 4.27. The molecule has 0 aliphatic heterocycles. The number of carbonyl (C=O) groups is 1. The van der Waals surface area contributed by atoms with Crippen LogP contribution in [0.3, 0.4) is 0 Å². The number of carbonyl (C=O) groups excluding carboxylic acids is 1. The summed E-state index contributed by atoms with van der Waals surface area (Å²) in [6.07, 6.45) is 5.20. The van der Waals surface area contributed by atoms with Gasteiger partial charge in [0.25, 0.3) is 0 Å². The van der Waals surface area contributed by atoms with Crippen LogP contribution >= 0.6 is 0 Å². The van der Waals surface area contributed by atoms with Gasteiger partial charge in [0.1, 0.15) is 5.60 Å². The summed E-state index contributed by atoms with van der Waals surface area (Å²) in [5.41, 5.74) is -0.390. The summed E-state index contributed by atoms with van der Waals surface area (Å²) in [6.45, 7) is 6.48. The maximum absolute atomic E-state index is 11.5. The molecule has 2 rings (SSSR count). The van der Waals surface area contributed by atoms with Gasteiger partial charge in [0.15, 0.2) is 0 Å². The highest BCUT2D eigenvalue weighted by atomic mass is 16.6. The van der Waals surface area contributed by atoms with E-state index in [0.29, 0.717) is 5.92 Å². The van der Waals surface area contributed by atoms with E-state index < -0.39 is 5.60 Å². The largest absolute Gasteiger partial charge is 0.444 e. The number of ether oxygens (including phenoxy) is 1. The van der Waals surface area contributed by atoms with E-state index in [-0.39, 0.29) is 6.09 Å². The van der Waals surface area contributed by atoms with E-state index in [9.17, 15) is 4.79 Å². The van der Waals surface area contributed by atoms with Crippen molar-refractivity contribution in [1.82, 2.24) is 5.32 Å². The van der Waals surface area contributed by atoms with Gasteiger partial charge in [0.2, 0.25) is 0 Å². The molecule has 0 aromatic rings. The molecule has 2 aliphatic carbocycles. The van der Waals surface area contributed by atoms with Gasteiger partial charge in [-0.2, -0.15) is 0 Å². The summed E-state index contributed by atoms with van der Waals surface area (Å²) in [6, 6.07) is 0. The number of amides is 1. The van der Waals surface area contributed by atoms with Gasteiger partial charge in [-0.15, -0.1) is 0 Å². The average Bonchev–Trinajstić information content (AvgIpc) is 2.72. The fraction of sp³-hybridized carbons (Fsp3) is 0.923. The first-order valence-electron chi connectivity index (χ1n) is 6.41. The lowest BCUT2D eigenvalue weighted by Crippen LogP contribution is -2.36. The Bertz CT molecular complexity index is 270. The van der Waals surface area contributed by atoms with Gasteiger partial charge in [-0.05, 0) is 57.8 Å². The molecule has 2 bridgehead atoms. The third-order valence-corrected chi connectivity index (χ3v) is 3.79. The van der Waals surface area contributed by atoms with Gasteiger partial charge >= 0.3 is 6.09 Å². The quantitative estimate of drug-likeness (QED) is 0.784. The summed E-state index contributed by atoms with van der Waals surface area (Å²) >= 11 is 0. The van der Waals surface area contributed by atoms with E-state index in [1.54, 1.807) is 0 Å². The molecule has 3 nitrogen and oxygen atoms in total. The molecule has 0 aromatic carbocycles. The summed E-state index contributed by atoms with van der Waals surface area (Å²) in [5, 5.41) is 2.90. The molecular formula is C13H23NO2. The molecule has 92 valence electrons. The highest BCUT2D eigenvalue weighted by molar-refractivity contribution is 5.67. The van der Waals surface area contributed by atoms with Crippen LogP contribution in [0.4, 0.5) is 4.79 Å². The first kappa shape index (κ1) is 11.7. The monoisotopic (exact) mass is 225 g/mol. The lowest BCUT2D eigenvalue weighted by atomic mass is 9.89. The molecular weight excluding hydrogens is 202 g/mol. The van der Waals surface area contributed by atoms with Crippen molar-refractivity contribution in [2.75, 3.05) is 6.54 Å². The van der Waals surface area contributed by atoms with Crippen LogP contribution in [0.1, 0.15) is 46.5 Å². The minimum Gasteiger partial charge on any atom is -0.444 e. The van der Waals surface area contributed by atoms with Gasteiger partial charge in [-0.3, -0.25) is 0 Å². The summed E-state index contributed by atoms with van der Waals surface area (Å²) in [4.78, 5) is 11.5. The number of fused-ring (bicyclic) bond motifs is 2. The maximum Gasteiger partial charge on any atom is 0.407 e. The van der Waals surface area contributed by atoms with Crippen LogP contribution in [0.5, 0.6) is 0 Å². The van der Waals surface area contributed by atoms with Crippen molar-refractivity contribution >= 4 is 6.09 Å². The lowest BCUT2D eigenvalue weighted by molar-refractivity contribution is 0.0513. The van der Waals surface area contributed by atoms with E-state index in [4.69, 9.17) is 4.74 Å². The Labute approximate surface area is 97.9 Å².